The van der Waals surface area contributed by atoms with Crippen LogP contribution in [0.2, 0.25) is 0 Å². The molecule has 2 nitrogen and oxygen atoms in total. The number of rotatable bonds is 0. The fraction of sp³-hybridized carbons (Fsp3) is 0.818. The van der Waals surface area contributed by atoms with Crippen molar-refractivity contribution in [3.8, 4) is 0 Å². The molecule has 0 aromatic heterocycles. The zero-order chi connectivity index (χ0) is 9.47. The molecule has 2 unspecified atom stereocenters. The number of carbonyl (C=O) groups excluding carboxylic acids is 2. The van der Waals surface area contributed by atoms with E-state index in [1.807, 2.05) is 0 Å². The third-order valence-electron chi connectivity index (χ3n) is 3.90. The van der Waals surface area contributed by atoms with Crippen LogP contribution in [0.1, 0.15) is 45.4 Å². The summed E-state index contributed by atoms with van der Waals surface area (Å²) < 4.78 is 0. The van der Waals surface area contributed by atoms with Crippen LogP contribution in [-0.2, 0) is 9.59 Å². The average molecular weight is 180 g/mol. The number of carbonyl (C=O) groups is 2. The minimum Gasteiger partial charge on any atom is -0.300 e. The molecule has 2 rings (SSSR count). The summed E-state index contributed by atoms with van der Waals surface area (Å²) in [4.78, 5) is 23.1. The Balaban J connectivity index is 2.26. The van der Waals surface area contributed by atoms with Gasteiger partial charge in [-0.05, 0) is 25.2 Å². The third-order valence-corrected chi connectivity index (χ3v) is 3.90. The Morgan fingerprint density at radius 1 is 1.31 bits per heavy atom. The standard InChI is InChI=1S/C11H16O2/c1-8-3-2-4-10(13)11(8)6-5-9(12)7-11/h8H,2-7H2,1H3. The fourth-order valence-electron chi connectivity index (χ4n) is 2.92. The lowest BCUT2D eigenvalue weighted by Gasteiger charge is -2.37. The Labute approximate surface area is 78.7 Å². The zero-order valence-corrected chi connectivity index (χ0v) is 8.14. The van der Waals surface area contributed by atoms with Crippen molar-refractivity contribution in [2.75, 3.05) is 0 Å². The number of Topliss-reactive ketones (excluding diaryl/α,β-unsaturated/α-hetero) is 2. The van der Waals surface area contributed by atoms with Crippen molar-refractivity contribution in [3.63, 3.8) is 0 Å². The maximum Gasteiger partial charge on any atom is 0.139 e. The summed E-state index contributed by atoms with van der Waals surface area (Å²) >= 11 is 0. The topological polar surface area (TPSA) is 34.1 Å². The van der Waals surface area contributed by atoms with Crippen molar-refractivity contribution >= 4 is 11.6 Å². The van der Waals surface area contributed by atoms with Gasteiger partial charge in [-0.25, -0.2) is 0 Å². The van der Waals surface area contributed by atoms with Gasteiger partial charge in [0.1, 0.15) is 11.6 Å². The van der Waals surface area contributed by atoms with E-state index in [1.54, 1.807) is 0 Å². The molecule has 2 aliphatic carbocycles. The van der Waals surface area contributed by atoms with Crippen LogP contribution in [0, 0.1) is 11.3 Å². The molecule has 2 aliphatic rings. The van der Waals surface area contributed by atoms with Crippen LogP contribution in [0.4, 0.5) is 0 Å². The molecular weight excluding hydrogens is 164 g/mol. The van der Waals surface area contributed by atoms with E-state index in [-0.39, 0.29) is 5.41 Å². The second-order valence-corrected chi connectivity index (χ2v) is 4.59. The first-order valence-corrected chi connectivity index (χ1v) is 5.20. The van der Waals surface area contributed by atoms with Crippen molar-refractivity contribution < 1.29 is 9.59 Å². The molecular formula is C11H16O2. The third kappa shape index (κ3) is 1.23. The minimum atomic E-state index is -0.227. The number of ketones is 2. The first-order chi connectivity index (χ1) is 6.15. The molecule has 2 fully saturated rings. The predicted molar refractivity (Wildman–Crippen MR) is 49.3 cm³/mol. The predicted octanol–water partition coefficient (Wildman–Crippen LogP) is 2.11. The molecule has 0 bridgehead atoms. The lowest BCUT2D eigenvalue weighted by Crippen LogP contribution is -2.38. The molecule has 2 atom stereocenters. The van der Waals surface area contributed by atoms with E-state index in [9.17, 15) is 9.59 Å². The summed E-state index contributed by atoms with van der Waals surface area (Å²) in [6, 6.07) is 0. The highest BCUT2D eigenvalue weighted by Gasteiger charge is 2.49. The Kier molecular flexibility index (Phi) is 2.01. The normalized spacial score (nSPS) is 40.2. The summed E-state index contributed by atoms with van der Waals surface area (Å²) in [6.45, 7) is 2.13. The molecule has 0 N–H and O–H groups in total. The molecule has 13 heavy (non-hydrogen) atoms. The Bertz CT molecular complexity index is 257. The van der Waals surface area contributed by atoms with Gasteiger partial charge in [0.25, 0.3) is 0 Å². The first kappa shape index (κ1) is 8.92. The van der Waals surface area contributed by atoms with Gasteiger partial charge >= 0.3 is 0 Å². The molecule has 0 aromatic rings. The maximum atomic E-state index is 11.8. The minimum absolute atomic E-state index is 0.227. The number of hydrogen-bond donors (Lipinski definition) is 0. The highest BCUT2D eigenvalue weighted by molar-refractivity contribution is 5.94. The first-order valence-electron chi connectivity index (χ1n) is 5.20. The van der Waals surface area contributed by atoms with Crippen LogP contribution in [0.25, 0.3) is 0 Å². The molecule has 2 saturated carbocycles. The van der Waals surface area contributed by atoms with Crippen molar-refractivity contribution in [1.29, 1.82) is 0 Å². The summed E-state index contributed by atoms with van der Waals surface area (Å²) in [5.74, 6) is 1.08. The molecule has 0 amide bonds. The largest absolute Gasteiger partial charge is 0.300 e. The van der Waals surface area contributed by atoms with Crippen LogP contribution < -0.4 is 0 Å². The van der Waals surface area contributed by atoms with Crippen molar-refractivity contribution in [3.05, 3.63) is 0 Å². The van der Waals surface area contributed by atoms with Crippen LogP contribution in [0.5, 0.6) is 0 Å². The summed E-state index contributed by atoms with van der Waals surface area (Å²) in [6.07, 6.45) is 4.85. The second kappa shape index (κ2) is 2.93. The van der Waals surface area contributed by atoms with Gasteiger partial charge in [0.05, 0.1) is 0 Å². The monoisotopic (exact) mass is 180 g/mol. The van der Waals surface area contributed by atoms with Gasteiger partial charge in [-0.3, -0.25) is 9.59 Å². The molecule has 0 saturated heterocycles. The maximum absolute atomic E-state index is 11.8. The van der Waals surface area contributed by atoms with E-state index in [4.69, 9.17) is 0 Å². The van der Waals surface area contributed by atoms with Gasteiger partial charge in [0.2, 0.25) is 0 Å². The second-order valence-electron chi connectivity index (χ2n) is 4.59. The highest BCUT2D eigenvalue weighted by Crippen LogP contribution is 2.48. The van der Waals surface area contributed by atoms with Gasteiger partial charge in [-0.15, -0.1) is 0 Å². The summed E-state index contributed by atoms with van der Waals surface area (Å²) in [7, 11) is 0. The summed E-state index contributed by atoms with van der Waals surface area (Å²) in [5.41, 5.74) is -0.227. The van der Waals surface area contributed by atoms with Crippen molar-refractivity contribution in [2.24, 2.45) is 11.3 Å². The van der Waals surface area contributed by atoms with E-state index < -0.39 is 0 Å². The molecule has 1 spiro atoms. The summed E-state index contributed by atoms with van der Waals surface area (Å²) in [5, 5.41) is 0. The zero-order valence-electron chi connectivity index (χ0n) is 8.14. The van der Waals surface area contributed by atoms with Gasteiger partial charge < -0.3 is 0 Å². The average Bonchev–Trinajstić information content (AvgIpc) is 2.46. The lowest BCUT2D eigenvalue weighted by molar-refractivity contribution is -0.136. The molecule has 0 radical (unpaired) electrons. The fourth-order valence-corrected chi connectivity index (χ4v) is 2.92. The van der Waals surface area contributed by atoms with E-state index in [1.165, 1.54) is 0 Å². The molecule has 2 heteroatoms. The SMILES string of the molecule is CC1CCCC(=O)C12CCC(=O)C2. The Morgan fingerprint density at radius 3 is 2.62 bits per heavy atom. The van der Waals surface area contributed by atoms with E-state index in [0.717, 1.165) is 19.3 Å². The van der Waals surface area contributed by atoms with Gasteiger partial charge in [-0.1, -0.05) is 6.92 Å². The molecule has 0 aliphatic heterocycles. The van der Waals surface area contributed by atoms with Crippen LogP contribution in [0.3, 0.4) is 0 Å². The highest BCUT2D eigenvalue weighted by atomic mass is 16.1. The number of hydrogen-bond acceptors (Lipinski definition) is 2. The van der Waals surface area contributed by atoms with Crippen LogP contribution >= 0.6 is 0 Å². The van der Waals surface area contributed by atoms with Crippen molar-refractivity contribution in [2.45, 2.75) is 45.4 Å². The lowest BCUT2D eigenvalue weighted by atomic mass is 9.65. The quantitative estimate of drug-likeness (QED) is 0.572. The van der Waals surface area contributed by atoms with Gasteiger partial charge in [0, 0.05) is 24.7 Å². The molecule has 72 valence electrons. The van der Waals surface area contributed by atoms with Crippen molar-refractivity contribution in [1.82, 2.24) is 0 Å². The van der Waals surface area contributed by atoms with Gasteiger partial charge in [-0.2, -0.15) is 0 Å². The van der Waals surface area contributed by atoms with Crippen LogP contribution in [-0.4, -0.2) is 11.6 Å². The molecule has 0 heterocycles. The van der Waals surface area contributed by atoms with E-state index in [2.05, 4.69) is 6.92 Å². The Hall–Kier alpha value is -0.660. The Morgan fingerprint density at radius 2 is 2.08 bits per heavy atom. The smallest absolute Gasteiger partial charge is 0.139 e. The van der Waals surface area contributed by atoms with Gasteiger partial charge in [0.15, 0.2) is 0 Å². The molecule has 0 aromatic carbocycles. The van der Waals surface area contributed by atoms with E-state index in [0.29, 0.717) is 36.7 Å². The van der Waals surface area contributed by atoms with Crippen LogP contribution in [0.15, 0.2) is 0 Å². The van der Waals surface area contributed by atoms with E-state index >= 15 is 0 Å².